The first-order chi connectivity index (χ1) is 8.75. The van der Waals surface area contributed by atoms with Gasteiger partial charge in [-0.1, -0.05) is 26.2 Å². The van der Waals surface area contributed by atoms with Crippen LogP contribution in [0.5, 0.6) is 0 Å². The average Bonchev–Trinajstić information content (AvgIpc) is 3.16. The molecule has 0 bridgehead atoms. The lowest BCUT2D eigenvalue weighted by molar-refractivity contribution is 0.0316. The summed E-state index contributed by atoms with van der Waals surface area (Å²) in [6.07, 6.45) is 7.78. The van der Waals surface area contributed by atoms with E-state index in [1.165, 1.54) is 38.5 Å². The summed E-state index contributed by atoms with van der Waals surface area (Å²) in [6, 6.07) is 0. The number of hydrogen-bond donors (Lipinski definition) is 2. The molecule has 2 rings (SSSR count). The van der Waals surface area contributed by atoms with Crippen LogP contribution in [0.4, 0.5) is 0 Å². The molecule has 3 heteroatoms. The van der Waals surface area contributed by atoms with Crippen molar-refractivity contribution < 1.29 is 9.84 Å². The zero-order valence-electron chi connectivity index (χ0n) is 11.7. The minimum Gasteiger partial charge on any atom is -0.389 e. The van der Waals surface area contributed by atoms with Gasteiger partial charge in [0.25, 0.3) is 0 Å². The Morgan fingerprint density at radius 1 is 1.22 bits per heavy atom. The van der Waals surface area contributed by atoms with Gasteiger partial charge in [0.2, 0.25) is 0 Å². The van der Waals surface area contributed by atoms with Crippen LogP contribution in [0, 0.1) is 17.8 Å². The second-order valence-corrected chi connectivity index (χ2v) is 6.31. The Labute approximate surface area is 111 Å². The largest absolute Gasteiger partial charge is 0.389 e. The zero-order chi connectivity index (χ0) is 12.8. The Hall–Kier alpha value is -0.120. The fourth-order valence-electron chi connectivity index (χ4n) is 2.85. The van der Waals surface area contributed by atoms with Crippen LogP contribution in [0.3, 0.4) is 0 Å². The van der Waals surface area contributed by atoms with E-state index in [0.717, 1.165) is 30.9 Å². The molecule has 2 saturated carbocycles. The molecule has 18 heavy (non-hydrogen) atoms. The molecule has 0 aromatic rings. The van der Waals surface area contributed by atoms with Crippen LogP contribution in [0.2, 0.25) is 0 Å². The second kappa shape index (κ2) is 7.46. The summed E-state index contributed by atoms with van der Waals surface area (Å²) >= 11 is 0. The summed E-state index contributed by atoms with van der Waals surface area (Å²) in [5.41, 5.74) is 0. The fourth-order valence-corrected chi connectivity index (χ4v) is 2.85. The standard InChI is InChI=1S/C15H29NO2/c1-12-4-2-3-5-14(12)8-16-9-15(17)11-18-10-13-6-7-13/h12-17H,2-11H2,1H3. The molecular weight excluding hydrogens is 226 g/mol. The van der Waals surface area contributed by atoms with Gasteiger partial charge in [0.1, 0.15) is 0 Å². The van der Waals surface area contributed by atoms with E-state index in [2.05, 4.69) is 12.2 Å². The van der Waals surface area contributed by atoms with Crippen molar-refractivity contribution in [2.75, 3.05) is 26.3 Å². The highest BCUT2D eigenvalue weighted by molar-refractivity contribution is 4.75. The second-order valence-electron chi connectivity index (χ2n) is 6.31. The number of hydrogen-bond acceptors (Lipinski definition) is 3. The molecule has 0 aliphatic heterocycles. The summed E-state index contributed by atoms with van der Waals surface area (Å²) in [4.78, 5) is 0. The van der Waals surface area contributed by atoms with E-state index in [-0.39, 0.29) is 6.10 Å². The molecule has 3 atom stereocenters. The van der Waals surface area contributed by atoms with Crippen LogP contribution in [0.15, 0.2) is 0 Å². The molecule has 3 nitrogen and oxygen atoms in total. The van der Waals surface area contributed by atoms with Gasteiger partial charge in [-0.15, -0.1) is 0 Å². The smallest absolute Gasteiger partial charge is 0.0897 e. The summed E-state index contributed by atoms with van der Waals surface area (Å²) in [7, 11) is 0. The molecule has 2 aliphatic carbocycles. The predicted octanol–water partition coefficient (Wildman–Crippen LogP) is 2.19. The molecule has 0 aromatic heterocycles. The van der Waals surface area contributed by atoms with Crippen LogP contribution < -0.4 is 5.32 Å². The van der Waals surface area contributed by atoms with Gasteiger partial charge in [-0.05, 0) is 43.6 Å². The van der Waals surface area contributed by atoms with Crippen molar-refractivity contribution in [2.24, 2.45) is 17.8 Å². The lowest BCUT2D eigenvalue weighted by atomic mass is 9.80. The average molecular weight is 255 g/mol. The first kappa shape index (κ1) is 14.3. The molecule has 0 heterocycles. The molecule has 0 radical (unpaired) electrons. The molecule has 106 valence electrons. The zero-order valence-corrected chi connectivity index (χ0v) is 11.7. The van der Waals surface area contributed by atoms with Crippen molar-refractivity contribution in [2.45, 2.75) is 51.6 Å². The first-order valence-electron chi connectivity index (χ1n) is 7.72. The Balaban J connectivity index is 1.47. The van der Waals surface area contributed by atoms with Crippen molar-refractivity contribution >= 4 is 0 Å². The monoisotopic (exact) mass is 255 g/mol. The minimum absolute atomic E-state index is 0.345. The summed E-state index contributed by atoms with van der Waals surface area (Å²) in [5.74, 6) is 2.43. The van der Waals surface area contributed by atoms with Gasteiger partial charge >= 0.3 is 0 Å². The lowest BCUT2D eigenvalue weighted by Gasteiger charge is -2.29. The highest BCUT2D eigenvalue weighted by Gasteiger charge is 2.22. The van der Waals surface area contributed by atoms with E-state index in [9.17, 15) is 5.11 Å². The number of ether oxygens (including phenoxy) is 1. The highest BCUT2D eigenvalue weighted by atomic mass is 16.5. The number of nitrogens with one attached hydrogen (secondary N) is 1. The third kappa shape index (κ3) is 5.25. The van der Waals surface area contributed by atoms with Crippen molar-refractivity contribution in [3.63, 3.8) is 0 Å². The van der Waals surface area contributed by atoms with Crippen molar-refractivity contribution in [3.8, 4) is 0 Å². The third-order valence-corrected chi connectivity index (χ3v) is 4.44. The molecule has 0 saturated heterocycles. The van der Waals surface area contributed by atoms with Gasteiger partial charge < -0.3 is 15.2 Å². The van der Waals surface area contributed by atoms with Gasteiger partial charge in [-0.2, -0.15) is 0 Å². The fraction of sp³-hybridized carbons (Fsp3) is 1.00. The third-order valence-electron chi connectivity index (χ3n) is 4.44. The van der Waals surface area contributed by atoms with E-state index in [1.807, 2.05) is 0 Å². The molecule has 2 N–H and O–H groups in total. The maximum atomic E-state index is 9.79. The lowest BCUT2D eigenvalue weighted by Crippen LogP contribution is -2.36. The molecular formula is C15H29NO2. The maximum Gasteiger partial charge on any atom is 0.0897 e. The molecule has 0 spiro atoms. The Bertz CT molecular complexity index is 231. The van der Waals surface area contributed by atoms with E-state index >= 15 is 0 Å². The normalized spacial score (nSPS) is 30.3. The molecule has 3 unspecified atom stereocenters. The Morgan fingerprint density at radius 2 is 2.00 bits per heavy atom. The van der Waals surface area contributed by atoms with Gasteiger partial charge in [0.15, 0.2) is 0 Å². The van der Waals surface area contributed by atoms with Crippen LogP contribution >= 0.6 is 0 Å². The van der Waals surface area contributed by atoms with E-state index < -0.39 is 0 Å². The summed E-state index contributed by atoms with van der Waals surface area (Å²) in [6.45, 7) is 5.43. The van der Waals surface area contributed by atoms with Crippen LogP contribution in [0.1, 0.15) is 45.4 Å². The Morgan fingerprint density at radius 3 is 2.72 bits per heavy atom. The van der Waals surface area contributed by atoms with Gasteiger partial charge in [-0.3, -0.25) is 0 Å². The van der Waals surface area contributed by atoms with Crippen LogP contribution in [-0.2, 0) is 4.74 Å². The number of aliphatic hydroxyl groups excluding tert-OH is 1. The quantitative estimate of drug-likeness (QED) is 0.698. The van der Waals surface area contributed by atoms with E-state index in [0.29, 0.717) is 13.2 Å². The predicted molar refractivity (Wildman–Crippen MR) is 73.5 cm³/mol. The highest BCUT2D eigenvalue weighted by Crippen LogP contribution is 2.29. The van der Waals surface area contributed by atoms with Crippen molar-refractivity contribution in [1.82, 2.24) is 5.32 Å². The minimum atomic E-state index is -0.345. The number of aliphatic hydroxyl groups is 1. The van der Waals surface area contributed by atoms with Crippen LogP contribution in [-0.4, -0.2) is 37.5 Å². The van der Waals surface area contributed by atoms with Gasteiger partial charge in [-0.25, -0.2) is 0 Å². The van der Waals surface area contributed by atoms with Gasteiger partial charge in [0.05, 0.1) is 12.7 Å². The van der Waals surface area contributed by atoms with E-state index in [1.54, 1.807) is 0 Å². The topological polar surface area (TPSA) is 41.5 Å². The van der Waals surface area contributed by atoms with Gasteiger partial charge in [0, 0.05) is 13.2 Å². The summed E-state index contributed by atoms with van der Waals surface area (Å²) in [5, 5.41) is 13.2. The van der Waals surface area contributed by atoms with Crippen LogP contribution in [0.25, 0.3) is 0 Å². The van der Waals surface area contributed by atoms with Crippen molar-refractivity contribution in [3.05, 3.63) is 0 Å². The molecule has 2 aliphatic rings. The summed E-state index contributed by atoms with van der Waals surface area (Å²) < 4.78 is 5.49. The SMILES string of the molecule is CC1CCCCC1CNCC(O)COCC1CC1. The number of rotatable bonds is 8. The molecule has 0 amide bonds. The maximum absolute atomic E-state index is 9.79. The molecule has 2 fully saturated rings. The van der Waals surface area contributed by atoms with E-state index in [4.69, 9.17) is 4.74 Å². The molecule has 0 aromatic carbocycles. The Kier molecular flexibility index (Phi) is 5.93. The first-order valence-corrected chi connectivity index (χ1v) is 7.72. The van der Waals surface area contributed by atoms with Crippen molar-refractivity contribution in [1.29, 1.82) is 0 Å².